The van der Waals surface area contributed by atoms with Gasteiger partial charge < -0.3 is 14.8 Å². The minimum Gasteiger partial charge on any atom is -0.494 e. The summed E-state index contributed by atoms with van der Waals surface area (Å²) in [4.78, 5) is 33.1. The van der Waals surface area contributed by atoms with Gasteiger partial charge in [0.15, 0.2) is 6.61 Å². The highest BCUT2D eigenvalue weighted by atomic mass is 16.5. The second-order valence-corrected chi connectivity index (χ2v) is 8.96. The van der Waals surface area contributed by atoms with Crippen LogP contribution < -0.4 is 10.1 Å². The smallest absolute Gasteiger partial charge is 0.339 e. The van der Waals surface area contributed by atoms with Crippen LogP contribution in [0.1, 0.15) is 34.1 Å². The fourth-order valence-electron chi connectivity index (χ4n) is 4.66. The number of hydrogen-bond acceptors (Lipinski definition) is 6. The van der Waals surface area contributed by atoms with Crippen molar-refractivity contribution in [2.45, 2.75) is 26.4 Å². The van der Waals surface area contributed by atoms with Crippen molar-refractivity contribution in [3.05, 3.63) is 101 Å². The summed E-state index contributed by atoms with van der Waals surface area (Å²) in [5, 5.41) is 3.50. The predicted octanol–water partition coefficient (Wildman–Crippen LogP) is 4.99. The normalized spacial score (nSPS) is 13.1. The third-order valence-electron chi connectivity index (χ3n) is 6.36. The Bertz CT molecular complexity index is 1400. The zero-order valence-corrected chi connectivity index (χ0v) is 20.8. The SMILES string of the molecule is CCOc1ccc(NC(=O)COC(=O)c2c3c(nc4ccccc24)CCN(Cc2ccccc2)C3)cc1. The molecule has 188 valence electrons. The summed E-state index contributed by atoms with van der Waals surface area (Å²) < 4.78 is 11.0. The predicted molar refractivity (Wildman–Crippen MR) is 143 cm³/mol. The number of rotatable bonds is 8. The topological polar surface area (TPSA) is 80.8 Å². The van der Waals surface area contributed by atoms with Crippen LogP contribution in [0.5, 0.6) is 5.75 Å². The van der Waals surface area contributed by atoms with Crippen LogP contribution in [0.15, 0.2) is 78.9 Å². The van der Waals surface area contributed by atoms with E-state index in [1.54, 1.807) is 24.3 Å². The van der Waals surface area contributed by atoms with Crippen LogP contribution in [0.2, 0.25) is 0 Å². The molecule has 37 heavy (non-hydrogen) atoms. The van der Waals surface area contributed by atoms with Gasteiger partial charge in [-0.05, 0) is 42.8 Å². The molecular formula is C30H29N3O4. The molecule has 0 unspecified atom stereocenters. The van der Waals surface area contributed by atoms with Crippen LogP contribution in [-0.2, 0) is 29.0 Å². The minimum atomic E-state index is -0.516. The Labute approximate surface area is 216 Å². The van der Waals surface area contributed by atoms with Crippen molar-refractivity contribution < 1.29 is 19.1 Å². The number of anilines is 1. The van der Waals surface area contributed by atoms with E-state index in [1.807, 2.05) is 49.4 Å². The summed E-state index contributed by atoms with van der Waals surface area (Å²) in [6.45, 7) is 4.32. The van der Waals surface area contributed by atoms with Gasteiger partial charge in [-0.25, -0.2) is 4.79 Å². The van der Waals surface area contributed by atoms with Gasteiger partial charge in [-0.2, -0.15) is 0 Å². The summed E-state index contributed by atoms with van der Waals surface area (Å²) in [7, 11) is 0. The number of amides is 1. The highest BCUT2D eigenvalue weighted by molar-refractivity contribution is 6.06. The van der Waals surface area contributed by atoms with Crippen LogP contribution in [0.3, 0.4) is 0 Å². The van der Waals surface area contributed by atoms with Gasteiger partial charge in [-0.1, -0.05) is 48.5 Å². The molecule has 0 saturated carbocycles. The molecule has 0 bridgehead atoms. The first-order chi connectivity index (χ1) is 18.1. The summed E-state index contributed by atoms with van der Waals surface area (Å²) >= 11 is 0. The molecule has 0 aliphatic carbocycles. The van der Waals surface area contributed by atoms with E-state index in [9.17, 15) is 9.59 Å². The summed E-state index contributed by atoms with van der Waals surface area (Å²) in [5.41, 5.74) is 4.85. The molecular weight excluding hydrogens is 466 g/mol. The van der Waals surface area contributed by atoms with E-state index >= 15 is 0 Å². The van der Waals surface area contributed by atoms with Crippen molar-refractivity contribution in [1.82, 2.24) is 9.88 Å². The molecule has 1 N–H and O–H groups in total. The average molecular weight is 496 g/mol. The first-order valence-electron chi connectivity index (χ1n) is 12.5. The fourth-order valence-corrected chi connectivity index (χ4v) is 4.66. The molecule has 1 aromatic heterocycles. The van der Waals surface area contributed by atoms with Gasteiger partial charge in [0.2, 0.25) is 0 Å². The Morgan fingerprint density at radius 3 is 2.51 bits per heavy atom. The Balaban J connectivity index is 1.33. The number of ether oxygens (including phenoxy) is 2. The number of carbonyl (C=O) groups excluding carboxylic acids is 2. The average Bonchev–Trinajstić information content (AvgIpc) is 2.92. The van der Waals surface area contributed by atoms with Gasteiger partial charge in [-0.3, -0.25) is 14.7 Å². The fraction of sp³-hybridized carbons (Fsp3) is 0.233. The molecule has 0 radical (unpaired) electrons. The number of carbonyl (C=O) groups is 2. The lowest BCUT2D eigenvalue weighted by Crippen LogP contribution is -2.32. The van der Waals surface area contributed by atoms with Crippen LogP contribution in [-0.4, -0.2) is 41.5 Å². The molecule has 0 fully saturated rings. The van der Waals surface area contributed by atoms with Gasteiger partial charge in [0.1, 0.15) is 5.75 Å². The molecule has 1 amide bonds. The molecule has 5 rings (SSSR count). The van der Waals surface area contributed by atoms with Gasteiger partial charge in [0, 0.05) is 48.4 Å². The third-order valence-corrected chi connectivity index (χ3v) is 6.36. The first kappa shape index (κ1) is 24.5. The van der Waals surface area contributed by atoms with E-state index in [0.717, 1.165) is 47.4 Å². The highest BCUT2D eigenvalue weighted by Crippen LogP contribution is 2.29. The van der Waals surface area contributed by atoms with E-state index in [0.29, 0.717) is 24.4 Å². The zero-order chi connectivity index (χ0) is 25.6. The summed E-state index contributed by atoms with van der Waals surface area (Å²) in [6.07, 6.45) is 0.742. The second-order valence-electron chi connectivity index (χ2n) is 8.96. The van der Waals surface area contributed by atoms with E-state index < -0.39 is 11.9 Å². The van der Waals surface area contributed by atoms with Gasteiger partial charge in [-0.15, -0.1) is 0 Å². The lowest BCUT2D eigenvalue weighted by Gasteiger charge is -2.30. The van der Waals surface area contributed by atoms with E-state index in [1.165, 1.54) is 5.56 Å². The van der Waals surface area contributed by atoms with Crippen LogP contribution in [0.4, 0.5) is 5.69 Å². The highest BCUT2D eigenvalue weighted by Gasteiger charge is 2.27. The lowest BCUT2D eigenvalue weighted by atomic mass is 9.95. The maximum atomic E-state index is 13.4. The number of benzene rings is 3. The first-order valence-corrected chi connectivity index (χ1v) is 12.5. The maximum Gasteiger partial charge on any atom is 0.339 e. The molecule has 0 spiro atoms. The number of aromatic nitrogens is 1. The molecule has 2 heterocycles. The Morgan fingerprint density at radius 2 is 1.73 bits per heavy atom. The summed E-state index contributed by atoms with van der Waals surface area (Å²) in [6, 6.07) is 24.9. The maximum absolute atomic E-state index is 13.4. The quantitative estimate of drug-likeness (QED) is 0.347. The number of pyridine rings is 1. The largest absolute Gasteiger partial charge is 0.494 e. The number of fused-ring (bicyclic) bond motifs is 2. The van der Waals surface area contributed by atoms with Crippen molar-refractivity contribution in [3.8, 4) is 5.75 Å². The number of esters is 1. The second kappa shape index (κ2) is 11.2. The van der Waals surface area contributed by atoms with Crippen molar-refractivity contribution >= 4 is 28.5 Å². The van der Waals surface area contributed by atoms with Crippen molar-refractivity contribution in [2.75, 3.05) is 25.1 Å². The van der Waals surface area contributed by atoms with Crippen LogP contribution >= 0.6 is 0 Å². The molecule has 0 saturated heterocycles. The van der Waals surface area contributed by atoms with E-state index in [4.69, 9.17) is 14.5 Å². The van der Waals surface area contributed by atoms with Gasteiger partial charge in [0.25, 0.3) is 5.91 Å². The number of nitrogens with one attached hydrogen (secondary N) is 1. The molecule has 1 aliphatic rings. The molecule has 1 aliphatic heterocycles. The van der Waals surface area contributed by atoms with E-state index in [-0.39, 0.29) is 6.61 Å². The Morgan fingerprint density at radius 1 is 0.973 bits per heavy atom. The number of para-hydroxylation sites is 1. The van der Waals surface area contributed by atoms with Crippen molar-refractivity contribution in [1.29, 1.82) is 0 Å². The van der Waals surface area contributed by atoms with Crippen molar-refractivity contribution in [3.63, 3.8) is 0 Å². The van der Waals surface area contributed by atoms with Gasteiger partial charge >= 0.3 is 5.97 Å². The third kappa shape index (κ3) is 5.78. The standard InChI is InChI=1S/C30H29N3O4/c1-2-36-23-14-12-22(13-15-23)31-28(34)20-37-30(35)29-24-10-6-7-11-26(24)32-27-16-17-33(19-25(27)29)18-21-8-4-3-5-9-21/h3-15H,2,16-20H2,1H3,(H,31,34). The zero-order valence-electron chi connectivity index (χ0n) is 20.8. The Hall–Kier alpha value is -4.23. The summed E-state index contributed by atoms with van der Waals surface area (Å²) in [5.74, 6) is -0.198. The van der Waals surface area contributed by atoms with Gasteiger partial charge in [0.05, 0.1) is 17.7 Å². The number of nitrogens with zero attached hydrogens (tertiary/aromatic N) is 2. The number of hydrogen-bond donors (Lipinski definition) is 1. The molecule has 3 aromatic carbocycles. The van der Waals surface area contributed by atoms with Crippen LogP contribution in [0, 0.1) is 0 Å². The Kier molecular flexibility index (Phi) is 7.42. The monoisotopic (exact) mass is 495 g/mol. The van der Waals surface area contributed by atoms with Crippen molar-refractivity contribution in [2.24, 2.45) is 0 Å². The lowest BCUT2D eigenvalue weighted by molar-refractivity contribution is -0.119. The molecule has 7 nitrogen and oxygen atoms in total. The minimum absolute atomic E-state index is 0.384. The molecule has 0 atom stereocenters. The molecule has 4 aromatic rings. The van der Waals surface area contributed by atoms with E-state index in [2.05, 4.69) is 22.3 Å². The van der Waals surface area contributed by atoms with Crippen LogP contribution in [0.25, 0.3) is 10.9 Å². The molecule has 7 heteroatoms.